The summed E-state index contributed by atoms with van der Waals surface area (Å²) in [4.78, 5) is 11.8. The first kappa shape index (κ1) is 14.3. The van der Waals surface area contributed by atoms with Gasteiger partial charge in [0.1, 0.15) is 0 Å². The molecule has 98 valence electrons. The molecule has 0 amide bonds. The smallest absolute Gasteiger partial charge is 0.269 e. The number of nitrogens with zero attached hydrogens (tertiary/aromatic N) is 2. The Labute approximate surface area is 110 Å². The lowest BCUT2D eigenvalue weighted by Gasteiger charge is -2.23. The lowest BCUT2D eigenvalue weighted by Crippen LogP contribution is -2.36. The third kappa shape index (κ3) is 3.94. The predicted molar refractivity (Wildman–Crippen MR) is 73.6 cm³/mol. The first-order valence-corrected chi connectivity index (χ1v) is 5.90. The third-order valence-corrected chi connectivity index (χ3v) is 2.73. The van der Waals surface area contributed by atoms with E-state index in [1.54, 1.807) is 17.0 Å². The van der Waals surface area contributed by atoms with Gasteiger partial charge < -0.3 is 15.3 Å². The summed E-state index contributed by atoms with van der Waals surface area (Å²) in [6, 6.07) is 6.01. The fourth-order valence-electron chi connectivity index (χ4n) is 1.39. The van der Waals surface area contributed by atoms with E-state index < -0.39 is 4.92 Å². The Bertz CT molecular complexity index is 422. The summed E-state index contributed by atoms with van der Waals surface area (Å²) in [7, 11) is 0. The predicted octanol–water partition coefficient (Wildman–Crippen LogP) is 1.61. The molecule has 1 aromatic carbocycles. The number of hydrogen-bond donors (Lipinski definition) is 2. The summed E-state index contributed by atoms with van der Waals surface area (Å²) in [5.41, 5.74) is 0.719. The minimum atomic E-state index is -0.452. The molecule has 0 bridgehead atoms. The van der Waals surface area contributed by atoms with Crippen molar-refractivity contribution in [3.63, 3.8) is 0 Å². The molecule has 0 heterocycles. The number of nitro groups is 1. The number of thiocarbonyl (C=S) groups is 1. The maximum absolute atomic E-state index is 10.5. The Hall–Kier alpha value is -1.73. The van der Waals surface area contributed by atoms with E-state index in [1.165, 1.54) is 12.1 Å². The third-order valence-electron chi connectivity index (χ3n) is 2.37. The summed E-state index contributed by atoms with van der Waals surface area (Å²) in [5, 5.41) is 22.8. The van der Waals surface area contributed by atoms with Crippen LogP contribution in [0.15, 0.2) is 24.3 Å². The highest BCUT2D eigenvalue weighted by Crippen LogP contribution is 2.15. The molecular formula is C11H15N3O3S. The van der Waals surface area contributed by atoms with Gasteiger partial charge in [-0.3, -0.25) is 10.1 Å². The molecule has 0 atom stereocenters. The van der Waals surface area contributed by atoms with Crippen molar-refractivity contribution >= 4 is 28.7 Å². The zero-order chi connectivity index (χ0) is 13.5. The minimum Gasteiger partial charge on any atom is -0.395 e. The van der Waals surface area contributed by atoms with Crippen molar-refractivity contribution in [2.45, 2.75) is 6.92 Å². The normalized spacial score (nSPS) is 9.89. The number of aliphatic hydroxyl groups is 1. The molecule has 1 aromatic rings. The van der Waals surface area contributed by atoms with Crippen LogP contribution in [0.25, 0.3) is 0 Å². The van der Waals surface area contributed by atoms with E-state index in [0.29, 0.717) is 23.9 Å². The molecule has 2 N–H and O–H groups in total. The van der Waals surface area contributed by atoms with Gasteiger partial charge >= 0.3 is 0 Å². The van der Waals surface area contributed by atoms with Gasteiger partial charge in [0.2, 0.25) is 0 Å². The van der Waals surface area contributed by atoms with Crippen LogP contribution in [0.1, 0.15) is 6.92 Å². The van der Waals surface area contributed by atoms with E-state index in [-0.39, 0.29) is 12.3 Å². The second-order valence-corrected chi connectivity index (χ2v) is 3.92. The van der Waals surface area contributed by atoms with E-state index in [1.807, 2.05) is 6.92 Å². The van der Waals surface area contributed by atoms with Gasteiger partial charge in [0.15, 0.2) is 5.11 Å². The van der Waals surface area contributed by atoms with Crippen LogP contribution < -0.4 is 5.32 Å². The van der Waals surface area contributed by atoms with Crippen LogP contribution in [0.3, 0.4) is 0 Å². The van der Waals surface area contributed by atoms with E-state index in [2.05, 4.69) is 5.32 Å². The van der Waals surface area contributed by atoms with Gasteiger partial charge in [-0.05, 0) is 31.3 Å². The number of non-ortho nitro benzene ring substituents is 1. The van der Waals surface area contributed by atoms with Gasteiger partial charge in [-0.15, -0.1) is 0 Å². The number of rotatable bonds is 5. The molecule has 0 spiro atoms. The molecule has 7 heteroatoms. The highest BCUT2D eigenvalue weighted by atomic mass is 32.1. The molecule has 6 nitrogen and oxygen atoms in total. The van der Waals surface area contributed by atoms with Crippen molar-refractivity contribution in [3.8, 4) is 0 Å². The van der Waals surface area contributed by atoms with E-state index >= 15 is 0 Å². The SMILES string of the molecule is CCN(CCO)C(=S)Nc1ccc([N+](=O)[O-])cc1. The summed E-state index contributed by atoms with van der Waals surface area (Å²) in [6.45, 7) is 3.09. The van der Waals surface area contributed by atoms with Crippen molar-refractivity contribution in [1.29, 1.82) is 0 Å². The number of aliphatic hydroxyl groups excluding tert-OH is 1. The zero-order valence-electron chi connectivity index (χ0n) is 10.00. The van der Waals surface area contributed by atoms with Gasteiger partial charge in [0.25, 0.3) is 5.69 Å². The quantitative estimate of drug-likeness (QED) is 0.480. The van der Waals surface area contributed by atoms with Gasteiger partial charge in [0, 0.05) is 30.9 Å². The van der Waals surface area contributed by atoms with Crippen LogP contribution in [0.5, 0.6) is 0 Å². The summed E-state index contributed by atoms with van der Waals surface area (Å²) in [6.07, 6.45) is 0. The Morgan fingerprint density at radius 1 is 1.50 bits per heavy atom. The number of nitro benzene ring substituents is 1. The molecule has 0 radical (unpaired) electrons. The highest BCUT2D eigenvalue weighted by Gasteiger charge is 2.08. The molecule has 0 saturated heterocycles. The molecule has 0 unspecified atom stereocenters. The maximum atomic E-state index is 10.5. The van der Waals surface area contributed by atoms with E-state index in [0.717, 1.165) is 0 Å². The van der Waals surface area contributed by atoms with Crippen LogP contribution in [-0.2, 0) is 0 Å². The van der Waals surface area contributed by atoms with Crippen LogP contribution in [0.4, 0.5) is 11.4 Å². The largest absolute Gasteiger partial charge is 0.395 e. The van der Waals surface area contributed by atoms with Gasteiger partial charge in [-0.2, -0.15) is 0 Å². The minimum absolute atomic E-state index is 0.0237. The molecule has 18 heavy (non-hydrogen) atoms. The average molecular weight is 269 g/mol. The molecule has 0 aliphatic carbocycles. The van der Waals surface area contributed by atoms with Crippen LogP contribution in [-0.4, -0.2) is 39.7 Å². The van der Waals surface area contributed by atoms with Crippen molar-refractivity contribution in [3.05, 3.63) is 34.4 Å². The lowest BCUT2D eigenvalue weighted by molar-refractivity contribution is -0.384. The fourth-order valence-corrected chi connectivity index (χ4v) is 1.73. The molecular weight excluding hydrogens is 254 g/mol. The Kier molecular flexibility index (Phi) is 5.47. The van der Waals surface area contributed by atoms with Gasteiger partial charge in [-0.1, -0.05) is 0 Å². The number of anilines is 1. The van der Waals surface area contributed by atoms with Crippen molar-refractivity contribution in [1.82, 2.24) is 4.90 Å². The molecule has 0 saturated carbocycles. The molecule has 0 aliphatic rings. The fraction of sp³-hybridized carbons (Fsp3) is 0.364. The first-order chi connectivity index (χ1) is 8.58. The topological polar surface area (TPSA) is 78.6 Å². The Morgan fingerprint density at radius 3 is 2.56 bits per heavy atom. The molecule has 1 rings (SSSR count). The number of hydrogen-bond acceptors (Lipinski definition) is 4. The second kappa shape index (κ2) is 6.87. The lowest BCUT2D eigenvalue weighted by atomic mass is 10.3. The van der Waals surface area contributed by atoms with Crippen molar-refractivity contribution < 1.29 is 10.0 Å². The monoisotopic (exact) mass is 269 g/mol. The van der Waals surface area contributed by atoms with E-state index in [4.69, 9.17) is 17.3 Å². The Balaban J connectivity index is 2.66. The van der Waals surface area contributed by atoms with Crippen LogP contribution >= 0.6 is 12.2 Å². The number of likely N-dealkylation sites (N-methyl/N-ethyl adjacent to an activating group) is 1. The maximum Gasteiger partial charge on any atom is 0.269 e. The summed E-state index contributed by atoms with van der Waals surface area (Å²) < 4.78 is 0. The number of nitrogens with one attached hydrogen (secondary N) is 1. The van der Waals surface area contributed by atoms with Gasteiger partial charge in [-0.25, -0.2) is 0 Å². The molecule has 0 aliphatic heterocycles. The van der Waals surface area contributed by atoms with Crippen molar-refractivity contribution in [2.24, 2.45) is 0 Å². The summed E-state index contributed by atoms with van der Waals surface area (Å²) >= 11 is 5.18. The van der Waals surface area contributed by atoms with Gasteiger partial charge in [0.05, 0.1) is 11.5 Å². The standard InChI is InChI=1S/C11H15N3O3S/c1-2-13(7-8-15)11(18)12-9-3-5-10(6-4-9)14(16)17/h3-6,15H,2,7-8H2,1H3,(H,12,18). The Morgan fingerprint density at radius 2 is 2.11 bits per heavy atom. The van der Waals surface area contributed by atoms with Crippen molar-refractivity contribution in [2.75, 3.05) is 25.0 Å². The molecule has 0 aromatic heterocycles. The van der Waals surface area contributed by atoms with Crippen LogP contribution in [0.2, 0.25) is 0 Å². The first-order valence-electron chi connectivity index (χ1n) is 5.49. The second-order valence-electron chi connectivity index (χ2n) is 3.54. The number of benzene rings is 1. The van der Waals surface area contributed by atoms with Crippen LogP contribution in [0, 0.1) is 10.1 Å². The summed E-state index contributed by atoms with van der Waals surface area (Å²) in [5.74, 6) is 0. The van der Waals surface area contributed by atoms with E-state index in [9.17, 15) is 10.1 Å². The highest BCUT2D eigenvalue weighted by molar-refractivity contribution is 7.80. The molecule has 0 fully saturated rings. The zero-order valence-corrected chi connectivity index (χ0v) is 10.8. The average Bonchev–Trinajstić information content (AvgIpc) is 2.36.